The van der Waals surface area contributed by atoms with Gasteiger partial charge < -0.3 is 9.47 Å². The van der Waals surface area contributed by atoms with Crippen LogP contribution in [-0.4, -0.2) is 18.7 Å². The molecule has 0 aromatic heterocycles. The maximum absolute atomic E-state index is 10.8. The summed E-state index contributed by atoms with van der Waals surface area (Å²) in [5, 5.41) is 8.08. The molecule has 0 saturated heterocycles. The van der Waals surface area contributed by atoms with E-state index < -0.39 is 12.1 Å². The highest BCUT2D eigenvalue weighted by atomic mass is 16.6. The van der Waals surface area contributed by atoms with Crippen LogP contribution in [-0.2, 0) is 14.3 Å². The van der Waals surface area contributed by atoms with Gasteiger partial charge in [0, 0.05) is 5.57 Å². The van der Waals surface area contributed by atoms with E-state index in [1.807, 2.05) is 0 Å². The van der Waals surface area contributed by atoms with Crippen LogP contribution in [0.1, 0.15) is 13.8 Å². The Morgan fingerprint density at radius 1 is 1.75 bits per heavy atom. The zero-order chi connectivity index (χ0) is 9.56. The molecule has 0 amide bonds. The quantitative estimate of drug-likeness (QED) is 0.357. The molecule has 0 saturated carbocycles. The first-order chi connectivity index (χ1) is 5.57. The molecule has 0 aromatic rings. The molecule has 12 heavy (non-hydrogen) atoms. The van der Waals surface area contributed by atoms with Crippen molar-refractivity contribution in [3.8, 4) is 6.26 Å². The summed E-state index contributed by atoms with van der Waals surface area (Å²) in [5.41, 5.74) is 0.333. The molecule has 0 spiro atoms. The van der Waals surface area contributed by atoms with Crippen LogP contribution in [0.15, 0.2) is 12.2 Å². The minimum atomic E-state index is -0.469. The first-order valence-corrected chi connectivity index (χ1v) is 3.45. The van der Waals surface area contributed by atoms with Crippen LogP contribution in [0.3, 0.4) is 0 Å². The lowest BCUT2D eigenvalue weighted by molar-refractivity contribution is -0.141. The van der Waals surface area contributed by atoms with E-state index >= 15 is 0 Å². The lowest BCUT2D eigenvalue weighted by Crippen LogP contribution is -2.17. The summed E-state index contributed by atoms with van der Waals surface area (Å²) in [4.78, 5) is 10.8. The van der Waals surface area contributed by atoms with E-state index in [2.05, 4.69) is 11.3 Å². The predicted molar refractivity (Wildman–Crippen MR) is 41.9 cm³/mol. The number of carbonyl (C=O) groups excluding carboxylic acids is 1. The van der Waals surface area contributed by atoms with E-state index in [9.17, 15) is 4.79 Å². The number of rotatable bonds is 4. The number of nitriles is 1. The number of hydrogen-bond donors (Lipinski definition) is 0. The van der Waals surface area contributed by atoms with Gasteiger partial charge in [-0.3, -0.25) is 0 Å². The Kier molecular flexibility index (Phi) is 4.54. The van der Waals surface area contributed by atoms with Crippen LogP contribution in [0.25, 0.3) is 0 Å². The largest absolute Gasteiger partial charge is 0.458 e. The molecule has 1 unspecified atom stereocenters. The lowest BCUT2D eigenvalue weighted by atomic mass is 10.3. The van der Waals surface area contributed by atoms with Crippen LogP contribution in [0.4, 0.5) is 0 Å². The number of carbonyl (C=O) groups is 1. The Balaban J connectivity index is 3.63. The second-order valence-corrected chi connectivity index (χ2v) is 2.40. The molecule has 0 rings (SSSR count). The predicted octanol–water partition coefficient (Wildman–Crippen LogP) is 0.992. The first-order valence-electron chi connectivity index (χ1n) is 3.45. The van der Waals surface area contributed by atoms with Crippen molar-refractivity contribution in [3.05, 3.63) is 12.2 Å². The molecule has 4 nitrogen and oxygen atoms in total. The molecule has 1 atom stereocenters. The summed E-state index contributed by atoms with van der Waals surface area (Å²) in [5.74, 6) is -0.469. The maximum atomic E-state index is 10.8. The van der Waals surface area contributed by atoms with Gasteiger partial charge >= 0.3 is 5.97 Å². The summed E-state index contributed by atoms with van der Waals surface area (Å²) in [6.45, 7) is 6.65. The van der Waals surface area contributed by atoms with Crippen molar-refractivity contribution in [3.63, 3.8) is 0 Å². The number of esters is 1. The van der Waals surface area contributed by atoms with Crippen molar-refractivity contribution < 1.29 is 14.3 Å². The molecule has 0 aliphatic heterocycles. The third kappa shape index (κ3) is 4.34. The molecule has 0 heterocycles. The summed E-state index contributed by atoms with van der Waals surface area (Å²) >= 11 is 0. The zero-order valence-corrected chi connectivity index (χ0v) is 7.16. The monoisotopic (exact) mass is 169 g/mol. The fraction of sp³-hybridized carbons (Fsp3) is 0.500. The van der Waals surface area contributed by atoms with E-state index in [-0.39, 0.29) is 6.61 Å². The molecule has 0 fully saturated rings. The Morgan fingerprint density at radius 2 is 2.33 bits per heavy atom. The highest BCUT2D eigenvalue weighted by Crippen LogP contribution is 1.95. The molecule has 0 radical (unpaired) electrons. The number of ether oxygens (including phenoxy) is 2. The summed E-state index contributed by atoms with van der Waals surface area (Å²) in [6.07, 6.45) is 1.10. The Labute approximate surface area is 71.4 Å². The second-order valence-electron chi connectivity index (χ2n) is 2.40. The Bertz CT molecular complexity index is 217. The summed E-state index contributed by atoms with van der Waals surface area (Å²) < 4.78 is 9.17. The van der Waals surface area contributed by atoms with Crippen LogP contribution in [0.5, 0.6) is 0 Å². The van der Waals surface area contributed by atoms with Gasteiger partial charge in [-0.15, -0.1) is 0 Å². The second kappa shape index (κ2) is 5.19. The first kappa shape index (κ1) is 10.5. The van der Waals surface area contributed by atoms with Crippen molar-refractivity contribution in [1.82, 2.24) is 0 Å². The van der Waals surface area contributed by atoms with Crippen molar-refractivity contribution >= 4 is 5.97 Å². The normalized spacial score (nSPS) is 11.1. The smallest absolute Gasteiger partial charge is 0.333 e. The van der Waals surface area contributed by atoms with Gasteiger partial charge in [-0.25, -0.2) is 4.79 Å². The fourth-order valence-electron chi connectivity index (χ4n) is 0.440. The van der Waals surface area contributed by atoms with Gasteiger partial charge in [0.2, 0.25) is 0 Å². The standard InChI is InChI=1S/C8H11NO3/c1-6(2)8(10)11-4-7(3)12-5-9/h7H,1,4H2,2-3H3. The van der Waals surface area contributed by atoms with Gasteiger partial charge in [0.25, 0.3) is 6.26 Å². The molecule has 0 N–H and O–H groups in total. The number of nitrogens with zero attached hydrogens (tertiary/aromatic N) is 1. The van der Waals surface area contributed by atoms with Gasteiger partial charge in [0.05, 0.1) is 0 Å². The van der Waals surface area contributed by atoms with E-state index in [4.69, 9.17) is 10.00 Å². The van der Waals surface area contributed by atoms with Crippen LogP contribution in [0.2, 0.25) is 0 Å². The van der Waals surface area contributed by atoms with Crippen LogP contribution < -0.4 is 0 Å². The van der Waals surface area contributed by atoms with E-state index in [1.54, 1.807) is 13.8 Å². The third-order valence-corrected chi connectivity index (χ3v) is 1.05. The Morgan fingerprint density at radius 3 is 2.75 bits per heavy atom. The summed E-state index contributed by atoms with van der Waals surface area (Å²) in [6, 6.07) is 0. The van der Waals surface area contributed by atoms with Gasteiger partial charge in [-0.1, -0.05) is 6.58 Å². The number of hydrogen-bond acceptors (Lipinski definition) is 4. The fourth-order valence-corrected chi connectivity index (χ4v) is 0.440. The van der Waals surface area contributed by atoms with Gasteiger partial charge in [-0.05, 0) is 13.8 Å². The van der Waals surface area contributed by atoms with Crippen molar-refractivity contribution in [2.75, 3.05) is 6.61 Å². The van der Waals surface area contributed by atoms with E-state index in [0.717, 1.165) is 0 Å². The average Bonchev–Trinajstić information content (AvgIpc) is 2.00. The molecular weight excluding hydrogens is 158 g/mol. The minimum Gasteiger partial charge on any atom is -0.458 e. The SMILES string of the molecule is C=C(C)C(=O)OCC(C)OC#N. The van der Waals surface area contributed by atoms with Gasteiger partial charge in [0.1, 0.15) is 12.7 Å². The van der Waals surface area contributed by atoms with Crippen LogP contribution in [0, 0.1) is 11.5 Å². The molecule has 4 heteroatoms. The van der Waals surface area contributed by atoms with Crippen LogP contribution >= 0.6 is 0 Å². The maximum Gasteiger partial charge on any atom is 0.333 e. The minimum absolute atomic E-state index is 0.0687. The molecular formula is C8H11NO3. The van der Waals surface area contributed by atoms with Gasteiger partial charge in [0.15, 0.2) is 0 Å². The van der Waals surface area contributed by atoms with E-state index in [1.165, 1.54) is 6.26 Å². The molecule has 0 aliphatic carbocycles. The topological polar surface area (TPSA) is 59.3 Å². The van der Waals surface area contributed by atoms with Gasteiger partial charge in [-0.2, -0.15) is 5.26 Å². The van der Waals surface area contributed by atoms with Crippen molar-refractivity contribution in [1.29, 1.82) is 5.26 Å². The van der Waals surface area contributed by atoms with Crippen molar-refractivity contribution in [2.24, 2.45) is 0 Å². The molecule has 66 valence electrons. The average molecular weight is 169 g/mol. The lowest BCUT2D eigenvalue weighted by Gasteiger charge is -2.08. The van der Waals surface area contributed by atoms with E-state index in [0.29, 0.717) is 5.57 Å². The third-order valence-electron chi connectivity index (χ3n) is 1.05. The summed E-state index contributed by atoms with van der Waals surface area (Å²) in [7, 11) is 0. The van der Waals surface area contributed by atoms with Crippen molar-refractivity contribution in [2.45, 2.75) is 20.0 Å². The zero-order valence-electron chi connectivity index (χ0n) is 7.16. The molecule has 0 aliphatic rings. The molecule has 0 bridgehead atoms. The molecule has 0 aromatic carbocycles. The highest BCUT2D eigenvalue weighted by molar-refractivity contribution is 5.86. The Hall–Kier alpha value is -1.50. The highest BCUT2D eigenvalue weighted by Gasteiger charge is 2.07.